The number of amides is 1. The van der Waals surface area contributed by atoms with E-state index in [1.807, 2.05) is 0 Å². The van der Waals surface area contributed by atoms with Gasteiger partial charge in [-0.15, -0.1) is 0 Å². The normalized spacial score (nSPS) is 14.7. The van der Waals surface area contributed by atoms with Gasteiger partial charge in [-0.3, -0.25) is 4.79 Å². The van der Waals surface area contributed by atoms with Crippen LogP contribution in [-0.4, -0.2) is 27.2 Å². The Morgan fingerprint density at radius 1 is 1.53 bits per heavy atom. The molecule has 1 heterocycles. The Labute approximate surface area is 85.4 Å². The summed E-state index contributed by atoms with van der Waals surface area (Å²) in [7, 11) is 0. The molecule has 1 amide bonds. The summed E-state index contributed by atoms with van der Waals surface area (Å²) in [5.41, 5.74) is 5.18. The van der Waals surface area contributed by atoms with Crippen LogP contribution in [0.5, 0.6) is 0 Å². The van der Waals surface area contributed by atoms with E-state index in [1.165, 1.54) is 13.0 Å². The third kappa shape index (κ3) is 2.48. The van der Waals surface area contributed by atoms with E-state index in [2.05, 4.69) is 4.98 Å². The summed E-state index contributed by atoms with van der Waals surface area (Å²) in [6.07, 6.45) is -3.22. The monoisotopic (exact) mass is 214 g/mol. The van der Waals surface area contributed by atoms with Gasteiger partial charge in [0.1, 0.15) is 6.10 Å². The number of nitrogens with two attached hydrogens (primary N) is 1. The van der Waals surface area contributed by atoms with Crippen molar-refractivity contribution >= 4 is 5.91 Å². The first-order chi connectivity index (χ1) is 6.93. The van der Waals surface area contributed by atoms with E-state index < -0.39 is 24.1 Å². The number of aliphatic hydroxyl groups excluding tert-OH is 2. The molecule has 0 aliphatic rings. The van der Waals surface area contributed by atoms with E-state index in [4.69, 9.17) is 5.73 Å². The van der Waals surface area contributed by atoms with Crippen LogP contribution in [0.4, 0.5) is 4.39 Å². The Morgan fingerprint density at radius 3 is 2.60 bits per heavy atom. The number of nitrogens with zero attached hydrogens (tertiary/aromatic N) is 1. The smallest absolute Gasteiger partial charge is 0.249 e. The van der Waals surface area contributed by atoms with E-state index in [1.54, 1.807) is 0 Å². The lowest BCUT2D eigenvalue weighted by atomic mass is 10.0. The molecule has 0 saturated heterocycles. The molecule has 0 aliphatic heterocycles. The molecule has 0 aliphatic carbocycles. The first-order valence-corrected chi connectivity index (χ1v) is 4.22. The van der Waals surface area contributed by atoms with Gasteiger partial charge in [-0.1, -0.05) is 0 Å². The van der Waals surface area contributed by atoms with E-state index >= 15 is 0 Å². The Morgan fingerprint density at radius 2 is 2.13 bits per heavy atom. The number of halogens is 1. The van der Waals surface area contributed by atoms with Crippen molar-refractivity contribution in [3.8, 4) is 0 Å². The second-order valence-corrected chi connectivity index (χ2v) is 3.10. The fourth-order valence-corrected chi connectivity index (χ4v) is 1.18. The maximum atomic E-state index is 12.6. The zero-order valence-corrected chi connectivity index (χ0v) is 8.01. The quantitative estimate of drug-likeness (QED) is 0.586. The van der Waals surface area contributed by atoms with Gasteiger partial charge in [0.25, 0.3) is 0 Å². The molecule has 0 bridgehead atoms. The molecule has 15 heavy (non-hydrogen) atoms. The van der Waals surface area contributed by atoms with Crippen LogP contribution in [0, 0.1) is 12.9 Å². The molecule has 0 saturated carbocycles. The predicted octanol–water partition coefficient (Wildman–Crippen LogP) is -0.591. The Kier molecular flexibility index (Phi) is 3.33. The SMILES string of the molecule is Cc1nc(F)ccc1C(O)C(O)C(N)=O. The number of hydrogen-bond acceptors (Lipinski definition) is 4. The Bertz CT molecular complexity index is 384. The summed E-state index contributed by atoms with van der Waals surface area (Å²) in [4.78, 5) is 14.1. The molecule has 1 rings (SSSR count). The number of pyridine rings is 1. The highest BCUT2D eigenvalue weighted by atomic mass is 19.1. The molecule has 0 radical (unpaired) electrons. The molecular formula is C9H11FN2O3. The van der Waals surface area contributed by atoms with Crippen molar-refractivity contribution in [3.63, 3.8) is 0 Å². The first-order valence-electron chi connectivity index (χ1n) is 4.22. The van der Waals surface area contributed by atoms with Crippen molar-refractivity contribution in [2.24, 2.45) is 5.73 Å². The van der Waals surface area contributed by atoms with Crippen molar-refractivity contribution in [2.45, 2.75) is 19.1 Å². The second kappa shape index (κ2) is 4.33. The van der Waals surface area contributed by atoms with Gasteiger partial charge in [-0.05, 0) is 19.1 Å². The maximum absolute atomic E-state index is 12.6. The molecule has 1 aromatic heterocycles. The number of rotatable bonds is 3. The first kappa shape index (κ1) is 11.5. The van der Waals surface area contributed by atoms with Crippen molar-refractivity contribution in [3.05, 3.63) is 29.3 Å². The third-order valence-electron chi connectivity index (χ3n) is 2.00. The van der Waals surface area contributed by atoms with Gasteiger partial charge < -0.3 is 15.9 Å². The highest BCUT2D eigenvalue weighted by Gasteiger charge is 2.25. The number of aryl methyl sites for hydroxylation is 1. The Balaban J connectivity index is 3.01. The average molecular weight is 214 g/mol. The van der Waals surface area contributed by atoms with E-state index in [9.17, 15) is 19.4 Å². The molecule has 0 aromatic carbocycles. The zero-order chi connectivity index (χ0) is 11.6. The lowest BCUT2D eigenvalue weighted by molar-refractivity contribution is -0.132. The molecule has 0 spiro atoms. The van der Waals surface area contributed by atoms with E-state index in [-0.39, 0.29) is 11.3 Å². The topological polar surface area (TPSA) is 96.4 Å². The highest BCUT2D eigenvalue weighted by Crippen LogP contribution is 2.19. The van der Waals surface area contributed by atoms with Gasteiger partial charge in [0, 0.05) is 11.3 Å². The van der Waals surface area contributed by atoms with Crippen molar-refractivity contribution in [1.82, 2.24) is 4.98 Å². The summed E-state index contributed by atoms with van der Waals surface area (Å²) >= 11 is 0. The number of aromatic nitrogens is 1. The number of aliphatic hydroxyl groups is 2. The number of carbonyl (C=O) groups excluding carboxylic acids is 1. The summed E-state index contributed by atoms with van der Waals surface area (Å²) in [6.45, 7) is 1.45. The van der Waals surface area contributed by atoms with Crippen LogP contribution >= 0.6 is 0 Å². The minimum atomic E-state index is -1.73. The molecule has 82 valence electrons. The second-order valence-electron chi connectivity index (χ2n) is 3.10. The number of hydrogen-bond donors (Lipinski definition) is 3. The summed E-state index contributed by atoms with van der Waals surface area (Å²) in [5, 5.41) is 18.7. The highest BCUT2D eigenvalue weighted by molar-refractivity contribution is 5.79. The van der Waals surface area contributed by atoms with Crippen molar-refractivity contribution in [1.29, 1.82) is 0 Å². The van der Waals surface area contributed by atoms with Gasteiger partial charge >= 0.3 is 0 Å². The van der Waals surface area contributed by atoms with Gasteiger partial charge in [-0.2, -0.15) is 4.39 Å². The van der Waals surface area contributed by atoms with Crippen LogP contribution in [0.1, 0.15) is 17.4 Å². The van der Waals surface area contributed by atoms with Gasteiger partial charge in [0.15, 0.2) is 6.10 Å². The minimum absolute atomic E-state index is 0.169. The lowest BCUT2D eigenvalue weighted by Gasteiger charge is -2.16. The molecule has 4 N–H and O–H groups in total. The summed E-state index contributed by atoms with van der Waals surface area (Å²) in [6, 6.07) is 2.27. The molecule has 2 atom stereocenters. The van der Waals surface area contributed by atoms with Crippen LogP contribution in [0.3, 0.4) is 0 Å². The number of primary amides is 1. The molecule has 5 nitrogen and oxygen atoms in total. The lowest BCUT2D eigenvalue weighted by Crippen LogP contribution is -2.34. The molecule has 2 unspecified atom stereocenters. The van der Waals surface area contributed by atoms with Gasteiger partial charge in [0.05, 0.1) is 0 Å². The van der Waals surface area contributed by atoms with Gasteiger partial charge in [0.2, 0.25) is 11.9 Å². The van der Waals surface area contributed by atoms with Crippen LogP contribution in [0.15, 0.2) is 12.1 Å². The molecule has 0 fully saturated rings. The minimum Gasteiger partial charge on any atom is -0.385 e. The molecule has 1 aromatic rings. The summed E-state index contributed by atoms with van der Waals surface area (Å²) in [5.74, 6) is -1.75. The summed E-state index contributed by atoms with van der Waals surface area (Å²) < 4.78 is 12.6. The maximum Gasteiger partial charge on any atom is 0.249 e. The van der Waals surface area contributed by atoms with E-state index in [0.29, 0.717) is 0 Å². The number of carbonyl (C=O) groups is 1. The van der Waals surface area contributed by atoms with Crippen molar-refractivity contribution in [2.75, 3.05) is 0 Å². The van der Waals surface area contributed by atoms with Crippen LogP contribution < -0.4 is 5.73 Å². The Hall–Kier alpha value is -1.53. The van der Waals surface area contributed by atoms with E-state index in [0.717, 1.165) is 6.07 Å². The van der Waals surface area contributed by atoms with Crippen LogP contribution in [0.25, 0.3) is 0 Å². The van der Waals surface area contributed by atoms with Crippen LogP contribution in [-0.2, 0) is 4.79 Å². The van der Waals surface area contributed by atoms with Crippen molar-refractivity contribution < 1.29 is 19.4 Å². The zero-order valence-electron chi connectivity index (χ0n) is 8.01. The third-order valence-corrected chi connectivity index (χ3v) is 2.00. The fourth-order valence-electron chi connectivity index (χ4n) is 1.18. The van der Waals surface area contributed by atoms with Crippen LogP contribution in [0.2, 0.25) is 0 Å². The predicted molar refractivity (Wildman–Crippen MR) is 49.1 cm³/mol. The van der Waals surface area contributed by atoms with Gasteiger partial charge in [-0.25, -0.2) is 4.98 Å². The molecular weight excluding hydrogens is 203 g/mol. The average Bonchev–Trinajstić information content (AvgIpc) is 2.15. The standard InChI is InChI=1S/C9H11FN2O3/c1-4-5(2-3-6(10)12-4)7(13)8(14)9(11)15/h2-3,7-8,13-14H,1H3,(H2,11,15). The molecule has 6 heteroatoms. The fraction of sp³-hybridized carbons (Fsp3) is 0.333. The largest absolute Gasteiger partial charge is 0.385 e.